The Morgan fingerprint density at radius 2 is 2.00 bits per heavy atom. The molecular formula is C16H26N2O2. The van der Waals surface area contributed by atoms with Crippen LogP contribution in [0, 0.1) is 11.3 Å². The van der Waals surface area contributed by atoms with Crippen molar-refractivity contribution in [1.29, 1.82) is 0 Å². The van der Waals surface area contributed by atoms with Gasteiger partial charge in [0, 0.05) is 6.42 Å². The van der Waals surface area contributed by atoms with Crippen LogP contribution in [0.25, 0.3) is 0 Å². The molecule has 0 aromatic heterocycles. The Morgan fingerprint density at radius 1 is 1.35 bits per heavy atom. The molecule has 4 heteroatoms. The highest BCUT2D eigenvalue weighted by Crippen LogP contribution is 2.27. The maximum absolute atomic E-state index is 11.8. The van der Waals surface area contributed by atoms with E-state index in [4.69, 9.17) is 10.5 Å². The van der Waals surface area contributed by atoms with E-state index in [-0.39, 0.29) is 11.3 Å². The minimum atomic E-state index is 0.0667. The van der Waals surface area contributed by atoms with Gasteiger partial charge in [-0.2, -0.15) is 0 Å². The van der Waals surface area contributed by atoms with E-state index in [9.17, 15) is 4.79 Å². The Labute approximate surface area is 121 Å². The van der Waals surface area contributed by atoms with Crippen LogP contribution in [0.3, 0.4) is 0 Å². The number of benzene rings is 1. The summed E-state index contributed by atoms with van der Waals surface area (Å²) in [5.74, 6) is 1.06. The van der Waals surface area contributed by atoms with Crippen LogP contribution < -0.4 is 15.8 Å². The molecular weight excluding hydrogens is 252 g/mol. The fourth-order valence-electron chi connectivity index (χ4n) is 1.62. The Balaban J connectivity index is 2.25. The number of nitrogens with one attached hydrogen (secondary N) is 1. The molecule has 0 saturated heterocycles. The van der Waals surface area contributed by atoms with Crippen molar-refractivity contribution in [3.63, 3.8) is 0 Å². The van der Waals surface area contributed by atoms with Gasteiger partial charge in [-0.3, -0.25) is 4.79 Å². The number of nitrogen functional groups attached to an aromatic ring is 1. The number of ether oxygens (including phenoxy) is 1. The van der Waals surface area contributed by atoms with Crippen LogP contribution in [0.5, 0.6) is 5.75 Å². The van der Waals surface area contributed by atoms with Crippen molar-refractivity contribution >= 4 is 11.6 Å². The molecule has 0 radical (unpaired) electrons. The lowest BCUT2D eigenvalue weighted by molar-refractivity contribution is -0.122. The topological polar surface area (TPSA) is 64.3 Å². The summed E-state index contributed by atoms with van der Waals surface area (Å²) in [6.45, 7) is 9.44. The van der Waals surface area contributed by atoms with Crippen LogP contribution in [0.1, 0.15) is 34.1 Å². The zero-order valence-corrected chi connectivity index (χ0v) is 12.9. The third-order valence-electron chi connectivity index (χ3n) is 3.57. The molecule has 1 atom stereocenters. The first kappa shape index (κ1) is 16.3. The van der Waals surface area contributed by atoms with Gasteiger partial charge < -0.3 is 15.8 Å². The van der Waals surface area contributed by atoms with Gasteiger partial charge in [0.1, 0.15) is 12.4 Å². The molecule has 0 fully saturated rings. The van der Waals surface area contributed by atoms with Crippen LogP contribution in [0.4, 0.5) is 5.69 Å². The molecule has 0 aliphatic rings. The third kappa shape index (κ3) is 5.51. The van der Waals surface area contributed by atoms with E-state index in [1.807, 2.05) is 18.2 Å². The normalized spacial score (nSPS) is 12.8. The first-order valence-corrected chi connectivity index (χ1v) is 7.04. The van der Waals surface area contributed by atoms with E-state index >= 15 is 0 Å². The number of anilines is 1. The highest BCUT2D eigenvalue weighted by molar-refractivity contribution is 5.76. The summed E-state index contributed by atoms with van der Waals surface area (Å²) in [5, 5.41) is 2.87. The zero-order valence-electron chi connectivity index (χ0n) is 12.9. The molecule has 0 heterocycles. The van der Waals surface area contributed by atoms with Crippen LogP contribution in [0.15, 0.2) is 24.3 Å². The number of amides is 1. The maximum Gasteiger partial charge on any atom is 0.220 e. The molecule has 1 aromatic rings. The molecule has 1 rings (SSSR count). The first-order valence-electron chi connectivity index (χ1n) is 7.04. The van der Waals surface area contributed by atoms with Gasteiger partial charge in [-0.15, -0.1) is 0 Å². The van der Waals surface area contributed by atoms with Crippen molar-refractivity contribution in [2.45, 2.75) is 34.1 Å². The molecule has 0 saturated carbocycles. The largest absolute Gasteiger partial charge is 0.490 e. The molecule has 112 valence electrons. The van der Waals surface area contributed by atoms with Crippen molar-refractivity contribution in [3.8, 4) is 5.75 Å². The predicted octanol–water partition coefficient (Wildman–Crippen LogP) is 2.84. The third-order valence-corrected chi connectivity index (χ3v) is 3.57. The van der Waals surface area contributed by atoms with Gasteiger partial charge in [0.15, 0.2) is 0 Å². The van der Waals surface area contributed by atoms with Crippen molar-refractivity contribution in [2.24, 2.45) is 11.3 Å². The lowest BCUT2D eigenvalue weighted by Gasteiger charge is -2.26. The molecule has 0 aliphatic heterocycles. The lowest BCUT2D eigenvalue weighted by Crippen LogP contribution is -2.31. The van der Waals surface area contributed by atoms with Crippen LogP contribution in [-0.4, -0.2) is 19.1 Å². The summed E-state index contributed by atoms with van der Waals surface area (Å²) in [7, 11) is 0. The molecule has 3 N–H and O–H groups in total. The van der Waals surface area contributed by atoms with Crippen LogP contribution in [-0.2, 0) is 4.79 Å². The Morgan fingerprint density at radius 3 is 2.60 bits per heavy atom. The smallest absolute Gasteiger partial charge is 0.220 e. The molecule has 0 spiro atoms. The Hall–Kier alpha value is -1.71. The summed E-state index contributed by atoms with van der Waals surface area (Å²) in [5.41, 5.74) is 6.52. The van der Waals surface area contributed by atoms with Gasteiger partial charge in [-0.1, -0.05) is 39.8 Å². The number of carbonyl (C=O) groups is 1. The fourth-order valence-corrected chi connectivity index (χ4v) is 1.62. The first-order chi connectivity index (χ1) is 9.30. The molecule has 4 nitrogen and oxygen atoms in total. The fraction of sp³-hybridized carbons (Fsp3) is 0.562. The molecule has 0 aliphatic carbocycles. The van der Waals surface area contributed by atoms with Crippen molar-refractivity contribution in [2.75, 3.05) is 18.9 Å². The van der Waals surface area contributed by atoms with Crippen molar-refractivity contribution in [1.82, 2.24) is 5.32 Å². The van der Waals surface area contributed by atoms with Gasteiger partial charge in [0.2, 0.25) is 5.91 Å². The molecule has 1 unspecified atom stereocenters. The second-order valence-electron chi connectivity index (χ2n) is 6.21. The summed E-state index contributed by atoms with van der Waals surface area (Å²) in [6.07, 6.45) is 0.539. The summed E-state index contributed by atoms with van der Waals surface area (Å²) in [4.78, 5) is 11.8. The van der Waals surface area contributed by atoms with Gasteiger partial charge in [-0.25, -0.2) is 0 Å². The zero-order chi connectivity index (χ0) is 15.2. The second-order valence-corrected chi connectivity index (χ2v) is 6.21. The minimum absolute atomic E-state index is 0.0667. The van der Waals surface area contributed by atoms with E-state index in [0.717, 1.165) is 0 Å². The number of hydrogen-bond donors (Lipinski definition) is 2. The summed E-state index contributed by atoms with van der Waals surface area (Å²) in [6, 6.07) is 7.34. The molecule has 1 amide bonds. The highest BCUT2D eigenvalue weighted by Gasteiger charge is 2.22. The number of hydrogen-bond acceptors (Lipinski definition) is 3. The van der Waals surface area contributed by atoms with Gasteiger partial charge in [0.05, 0.1) is 12.2 Å². The molecule has 0 bridgehead atoms. The maximum atomic E-state index is 11.8. The molecule has 1 aromatic carbocycles. The predicted molar refractivity (Wildman–Crippen MR) is 82.6 cm³/mol. The van der Waals surface area contributed by atoms with E-state index < -0.39 is 0 Å². The minimum Gasteiger partial charge on any atom is -0.490 e. The van der Waals surface area contributed by atoms with E-state index in [1.54, 1.807) is 6.07 Å². The highest BCUT2D eigenvalue weighted by atomic mass is 16.5. The molecule has 20 heavy (non-hydrogen) atoms. The number of carbonyl (C=O) groups excluding carboxylic acids is 1. The average molecular weight is 278 g/mol. The standard InChI is InChI=1S/C16H26N2O2/c1-12(16(2,3)4)11-15(19)18-9-10-20-14-8-6-5-7-13(14)17/h5-8,12H,9-11,17H2,1-4H3,(H,18,19). The lowest BCUT2D eigenvalue weighted by atomic mass is 9.80. The Bertz CT molecular complexity index is 438. The van der Waals surface area contributed by atoms with Crippen molar-refractivity contribution in [3.05, 3.63) is 24.3 Å². The number of rotatable bonds is 6. The van der Waals surface area contributed by atoms with Crippen LogP contribution in [0.2, 0.25) is 0 Å². The van der Waals surface area contributed by atoms with Gasteiger partial charge in [-0.05, 0) is 23.5 Å². The van der Waals surface area contributed by atoms with E-state index in [1.165, 1.54) is 0 Å². The SMILES string of the molecule is CC(CC(=O)NCCOc1ccccc1N)C(C)(C)C. The van der Waals surface area contributed by atoms with Gasteiger partial charge in [0.25, 0.3) is 0 Å². The number of para-hydroxylation sites is 2. The summed E-state index contributed by atoms with van der Waals surface area (Å²) < 4.78 is 5.52. The second kappa shape index (κ2) is 7.17. The van der Waals surface area contributed by atoms with E-state index in [0.29, 0.717) is 36.9 Å². The monoisotopic (exact) mass is 278 g/mol. The Kier molecular flexibility index (Phi) is 5.86. The van der Waals surface area contributed by atoms with Crippen molar-refractivity contribution < 1.29 is 9.53 Å². The van der Waals surface area contributed by atoms with Gasteiger partial charge >= 0.3 is 0 Å². The number of nitrogens with two attached hydrogens (primary N) is 1. The van der Waals surface area contributed by atoms with Crippen LogP contribution >= 0.6 is 0 Å². The summed E-state index contributed by atoms with van der Waals surface area (Å²) >= 11 is 0. The average Bonchev–Trinajstić information content (AvgIpc) is 2.35. The van der Waals surface area contributed by atoms with E-state index in [2.05, 4.69) is 33.0 Å². The quantitative estimate of drug-likeness (QED) is 0.621.